The van der Waals surface area contributed by atoms with E-state index in [1.165, 1.54) is 44.6 Å². The molecular formula is C17H27N3O. The number of hydrogen-bond acceptors (Lipinski definition) is 4. The van der Waals surface area contributed by atoms with Gasteiger partial charge in [0.25, 0.3) is 0 Å². The largest absolute Gasteiger partial charge is 0.497 e. The highest BCUT2D eigenvalue weighted by Crippen LogP contribution is 2.19. The highest BCUT2D eigenvalue weighted by Gasteiger charge is 2.25. The molecule has 1 N–H and O–H groups in total. The van der Waals surface area contributed by atoms with E-state index in [0.29, 0.717) is 0 Å². The Labute approximate surface area is 128 Å². The molecule has 2 heterocycles. The number of ether oxygens (including phenoxy) is 1. The number of piperidine rings is 1. The normalized spacial score (nSPS) is 22.3. The van der Waals surface area contributed by atoms with Crippen LogP contribution >= 0.6 is 0 Å². The zero-order chi connectivity index (χ0) is 14.5. The van der Waals surface area contributed by atoms with Gasteiger partial charge in [-0.15, -0.1) is 0 Å². The number of likely N-dealkylation sites (tertiary alicyclic amines) is 1. The summed E-state index contributed by atoms with van der Waals surface area (Å²) in [5.74, 6) is 0.941. The van der Waals surface area contributed by atoms with E-state index in [2.05, 4.69) is 39.4 Å². The van der Waals surface area contributed by atoms with Crippen LogP contribution in [0.2, 0.25) is 0 Å². The van der Waals surface area contributed by atoms with E-state index in [0.717, 1.165) is 31.4 Å². The van der Waals surface area contributed by atoms with Crippen molar-refractivity contribution in [2.24, 2.45) is 0 Å². The average Bonchev–Trinajstić information content (AvgIpc) is 2.57. The first-order valence-corrected chi connectivity index (χ1v) is 8.15. The molecule has 3 rings (SSSR count). The fourth-order valence-corrected chi connectivity index (χ4v) is 3.48. The third-order valence-corrected chi connectivity index (χ3v) is 4.79. The molecule has 2 aliphatic rings. The van der Waals surface area contributed by atoms with Crippen LogP contribution in [0.3, 0.4) is 0 Å². The average molecular weight is 289 g/mol. The molecule has 0 aromatic heterocycles. The van der Waals surface area contributed by atoms with Gasteiger partial charge in [0.2, 0.25) is 0 Å². The van der Waals surface area contributed by atoms with Crippen LogP contribution in [0, 0.1) is 0 Å². The zero-order valence-electron chi connectivity index (χ0n) is 13.1. The molecule has 0 atom stereocenters. The van der Waals surface area contributed by atoms with E-state index >= 15 is 0 Å². The Kier molecular flexibility index (Phi) is 5.12. The number of nitrogens with one attached hydrogen (secondary N) is 1. The third kappa shape index (κ3) is 3.96. The number of nitrogens with zero attached hydrogens (tertiary/aromatic N) is 2. The SMILES string of the molecule is COc1ccc(CN2CCC(N3CCNCC3)CC2)cc1. The maximum atomic E-state index is 5.22. The standard InChI is InChI=1S/C17H27N3O/c1-21-17-4-2-15(3-5-17)14-19-10-6-16(7-11-19)20-12-8-18-9-13-20/h2-5,16,18H,6-14H2,1H3. The minimum absolute atomic E-state index is 0.805. The second-order valence-electron chi connectivity index (χ2n) is 6.14. The molecule has 1 aromatic rings. The van der Waals surface area contributed by atoms with Crippen molar-refractivity contribution < 1.29 is 4.74 Å². The highest BCUT2D eigenvalue weighted by atomic mass is 16.5. The van der Waals surface area contributed by atoms with Gasteiger partial charge < -0.3 is 10.1 Å². The molecule has 2 aliphatic heterocycles. The number of methoxy groups -OCH3 is 1. The van der Waals surface area contributed by atoms with Gasteiger partial charge in [-0.2, -0.15) is 0 Å². The second-order valence-corrected chi connectivity index (χ2v) is 6.14. The van der Waals surface area contributed by atoms with Gasteiger partial charge in [-0.1, -0.05) is 12.1 Å². The molecular weight excluding hydrogens is 262 g/mol. The van der Waals surface area contributed by atoms with Crippen LogP contribution in [0.25, 0.3) is 0 Å². The first-order valence-electron chi connectivity index (χ1n) is 8.15. The van der Waals surface area contributed by atoms with Crippen LogP contribution in [0.4, 0.5) is 0 Å². The number of hydrogen-bond donors (Lipinski definition) is 1. The molecule has 2 saturated heterocycles. The topological polar surface area (TPSA) is 27.7 Å². The Balaban J connectivity index is 1.46. The molecule has 4 nitrogen and oxygen atoms in total. The second kappa shape index (κ2) is 7.25. The summed E-state index contributed by atoms with van der Waals surface area (Å²) in [6, 6.07) is 9.29. The van der Waals surface area contributed by atoms with Gasteiger partial charge in [0.05, 0.1) is 7.11 Å². The van der Waals surface area contributed by atoms with Crippen molar-refractivity contribution in [3.05, 3.63) is 29.8 Å². The summed E-state index contributed by atoms with van der Waals surface area (Å²) >= 11 is 0. The number of benzene rings is 1. The summed E-state index contributed by atoms with van der Waals surface area (Å²) in [4.78, 5) is 5.27. The summed E-state index contributed by atoms with van der Waals surface area (Å²) in [6.07, 6.45) is 2.63. The molecule has 4 heteroatoms. The van der Waals surface area contributed by atoms with Crippen molar-refractivity contribution in [1.29, 1.82) is 0 Å². The minimum atomic E-state index is 0.805. The Hall–Kier alpha value is -1.10. The number of piperazine rings is 1. The Bertz CT molecular complexity index is 420. The maximum Gasteiger partial charge on any atom is 0.118 e. The van der Waals surface area contributed by atoms with Crippen LogP contribution < -0.4 is 10.1 Å². The van der Waals surface area contributed by atoms with Gasteiger partial charge in [-0.3, -0.25) is 9.80 Å². The van der Waals surface area contributed by atoms with Crippen molar-refractivity contribution in [1.82, 2.24) is 15.1 Å². The Morgan fingerprint density at radius 2 is 1.71 bits per heavy atom. The molecule has 0 radical (unpaired) electrons. The van der Waals surface area contributed by atoms with Crippen molar-refractivity contribution in [2.75, 3.05) is 46.4 Å². The van der Waals surface area contributed by atoms with Crippen LogP contribution in [0.15, 0.2) is 24.3 Å². The van der Waals surface area contributed by atoms with E-state index in [-0.39, 0.29) is 0 Å². The summed E-state index contributed by atoms with van der Waals surface area (Å²) in [6.45, 7) is 8.28. The van der Waals surface area contributed by atoms with Gasteiger partial charge in [-0.05, 0) is 43.6 Å². The molecule has 0 bridgehead atoms. The van der Waals surface area contributed by atoms with Crippen molar-refractivity contribution >= 4 is 0 Å². The van der Waals surface area contributed by atoms with E-state index in [4.69, 9.17) is 4.74 Å². The Morgan fingerprint density at radius 1 is 1.05 bits per heavy atom. The number of rotatable bonds is 4. The summed E-state index contributed by atoms with van der Waals surface area (Å²) < 4.78 is 5.22. The molecule has 0 saturated carbocycles. The third-order valence-electron chi connectivity index (χ3n) is 4.79. The lowest BCUT2D eigenvalue weighted by molar-refractivity contribution is 0.0948. The van der Waals surface area contributed by atoms with E-state index < -0.39 is 0 Å². The molecule has 116 valence electrons. The summed E-state index contributed by atoms with van der Waals surface area (Å²) in [5.41, 5.74) is 1.39. The summed E-state index contributed by atoms with van der Waals surface area (Å²) in [5, 5.41) is 3.44. The fourth-order valence-electron chi connectivity index (χ4n) is 3.48. The minimum Gasteiger partial charge on any atom is -0.497 e. The van der Waals surface area contributed by atoms with Crippen LogP contribution in [0.1, 0.15) is 18.4 Å². The Morgan fingerprint density at radius 3 is 2.33 bits per heavy atom. The first-order chi connectivity index (χ1) is 10.3. The molecule has 0 aliphatic carbocycles. The highest BCUT2D eigenvalue weighted by molar-refractivity contribution is 5.27. The fraction of sp³-hybridized carbons (Fsp3) is 0.647. The quantitative estimate of drug-likeness (QED) is 0.910. The van der Waals surface area contributed by atoms with Crippen molar-refractivity contribution in [3.8, 4) is 5.75 Å². The van der Waals surface area contributed by atoms with Gasteiger partial charge in [0.1, 0.15) is 5.75 Å². The molecule has 2 fully saturated rings. The lowest BCUT2D eigenvalue weighted by atomic mass is 10.0. The first kappa shape index (κ1) is 14.8. The van der Waals surface area contributed by atoms with Crippen LogP contribution in [0.5, 0.6) is 5.75 Å². The van der Waals surface area contributed by atoms with E-state index in [9.17, 15) is 0 Å². The maximum absolute atomic E-state index is 5.22. The molecule has 0 unspecified atom stereocenters. The van der Waals surface area contributed by atoms with Gasteiger partial charge in [0.15, 0.2) is 0 Å². The predicted molar refractivity (Wildman–Crippen MR) is 85.7 cm³/mol. The molecule has 21 heavy (non-hydrogen) atoms. The van der Waals surface area contributed by atoms with Crippen molar-refractivity contribution in [2.45, 2.75) is 25.4 Å². The monoisotopic (exact) mass is 289 g/mol. The lowest BCUT2D eigenvalue weighted by Crippen LogP contribution is -2.51. The molecule has 1 aromatic carbocycles. The van der Waals surface area contributed by atoms with Gasteiger partial charge >= 0.3 is 0 Å². The van der Waals surface area contributed by atoms with E-state index in [1.807, 2.05) is 0 Å². The van der Waals surface area contributed by atoms with Gasteiger partial charge in [-0.25, -0.2) is 0 Å². The molecule has 0 amide bonds. The van der Waals surface area contributed by atoms with Crippen LogP contribution in [-0.4, -0.2) is 62.2 Å². The van der Waals surface area contributed by atoms with Gasteiger partial charge in [0, 0.05) is 38.8 Å². The summed E-state index contributed by atoms with van der Waals surface area (Å²) in [7, 11) is 1.72. The van der Waals surface area contributed by atoms with Crippen molar-refractivity contribution in [3.63, 3.8) is 0 Å². The smallest absolute Gasteiger partial charge is 0.118 e. The zero-order valence-corrected chi connectivity index (χ0v) is 13.1. The lowest BCUT2D eigenvalue weighted by Gasteiger charge is -2.40. The van der Waals surface area contributed by atoms with Crippen LogP contribution in [-0.2, 0) is 6.54 Å². The molecule has 0 spiro atoms. The predicted octanol–water partition coefficient (Wildman–Crippen LogP) is 1.56. The van der Waals surface area contributed by atoms with E-state index in [1.54, 1.807) is 7.11 Å².